The largest absolute Gasteiger partial charge is 0.197 e. The summed E-state index contributed by atoms with van der Waals surface area (Å²) in [5, 5.41) is 0. The summed E-state index contributed by atoms with van der Waals surface area (Å²) < 4.78 is 0. The van der Waals surface area contributed by atoms with Crippen LogP contribution in [0.5, 0.6) is 0 Å². The molecule has 0 saturated heterocycles. The summed E-state index contributed by atoms with van der Waals surface area (Å²) in [7, 11) is 0. The Morgan fingerprint density at radius 3 is 0.400 bits per heavy atom. The van der Waals surface area contributed by atoms with E-state index in [1.54, 1.807) is 0 Å². The van der Waals surface area contributed by atoms with Gasteiger partial charge < -0.3 is 0 Å². The van der Waals surface area contributed by atoms with Crippen molar-refractivity contribution in [3.63, 3.8) is 0 Å². The molecule has 0 saturated carbocycles. The van der Waals surface area contributed by atoms with Crippen molar-refractivity contribution in [1.29, 1.82) is 0 Å². The SMILES string of the molecule is S.S.S.[Fe].[Fe]. The van der Waals surface area contributed by atoms with Gasteiger partial charge in [-0.25, -0.2) is 0 Å². The van der Waals surface area contributed by atoms with Crippen molar-refractivity contribution in [1.82, 2.24) is 0 Å². The van der Waals surface area contributed by atoms with E-state index in [1.807, 2.05) is 0 Å². The molecular weight excluding hydrogens is 208 g/mol. The smallest absolute Gasteiger partial charge is 0 e. The van der Waals surface area contributed by atoms with Crippen LogP contribution in [-0.4, -0.2) is 0 Å². The monoisotopic (exact) mass is 214 g/mol. The van der Waals surface area contributed by atoms with Gasteiger partial charge in [0.25, 0.3) is 0 Å². The van der Waals surface area contributed by atoms with Gasteiger partial charge in [0.1, 0.15) is 0 Å². The molecule has 0 aromatic carbocycles. The van der Waals surface area contributed by atoms with Crippen molar-refractivity contribution in [2.45, 2.75) is 0 Å². The van der Waals surface area contributed by atoms with E-state index in [0.717, 1.165) is 0 Å². The summed E-state index contributed by atoms with van der Waals surface area (Å²) >= 11 is 0. The van der Waals surface area contributed by atoms with Gasteiger partial charge in [0.05, 0.1) is 0 Å². The fourth-order valence-electron chi connectivity index (χ4n) is 0. The molecule has 0 fully saturated rings. The topological polar surface area (TPSA) is 0 Å². The zero-order valence-electron chi connectivity index (χ0n) is 2.21. The van der Waals surface area contributed by atoms with E-state index in [9.17, 15) is 0 Å². The van der Waals surface area contributed by atoms with Crippen LogP contribution in [0.2, 0.25) is 0 Å². The molecule has 0 aromatic heterocycles. The van der Waals surface area contributed by atoms with E-state index in [1.165, 1.54) is 0 Å². The van der Waals surface area contributed by atoms with Crippen molar-refractivity contribution in [3.8, 4) is 0 Å². The van der Waals surface area contributed by atoms with Gasteiger partial charge in [0, 0.05) is 34.1 Å². The first-order valence-electron chi connectivity index (χ1n) is 0. The minimum atomic E-state index is 0. The molecule has 0 unspecified atom stereocenters. The molecule has 0 atom stereocenters. The molecule has 0 aromatic rings. The molecule has 0 N–H and O–H groups in total. The molecule has 0 nitrogen and oxygen atoms in total. The molecule has 0 spiro atoms. The maximum absolute atomic E-state index is 0. The first kappa shape index (κ1) is 60.2. The van der Waals surface area contributed by atoms with E-state index in [-0.39, 0.29) is 74.6 Å². The van der Waals surface area contributed by atoms with Crippen LogP contribution in [0, 0.1) is 0 Å². The fraction of sp³-hybridized carbons (Fsp3) is 0. The quantitative estimate of drug-likeness (QED) is 0.510. The van der Waals surface area contributed by atoms with Crippen LogP contribution in [0.4, 0.5) is 0 Å². The summed E-state index contributed by atoms with van der Waals surface area (Å²) in [6, 6.07) is 0. The third-order valence-corrected chi connectivity index (χ3v) is 0. The van der Waals surface area contributed by atoms with E-state index in [0.29, 0.717) is 0 Å². The fourth-order valence-corrected chi connectivity index (χ4v) is 0. The van der Waals surface area contributed by atoms with Crippen LogP contribution < -0.4 is 0 Å². The second kappa shape index (κ2) is 36.1. The normalized spacial score (nSPS) is 0. The van der Waals surface area contributed by atoms with E-state index in [4.69, 9.17) is 0 Å². The van der Waals surface area contributed by atoms with Crippen LogP contribution in [0.25, 0.3) is 0 Å². The Kier molecular flexibility index (Phi) is 435. The third-order valence-electron chi connectivity index (χ3n) is 0. The van der Waals surface area contributed by atoms with E-state index < -0.39 is 0 Å². The molecule has 0 amide bonds. The zero-order chi connectivity index (χ0) is 0. The van der Waals surface area contributed by atoms with Gasteiger partial charge >= 0.3 is 0 Å². The molecular formula is H6Fe2S3. The summed E-state index contributed by atoms with van der Waals surface area (Å²) in [5.74, 6) is 0. The first-order chi connectivity index (χ1) is 0. The maximum atomic E-state index is 0. The molecule has 0 aliphatic rings. The standard InChI is InChI=1S/2Fe.3H2S/h;;3*1H2. The molecule has 0 heterocycles. The Morgan fingerprint density at radius 1 is 0.400 bits per heavy atom. The van der Waals surface area contributed by atoms with Crippen molar-refractivity contribution >= 4 is 40.5 Å². The average Bonchev–Trinajstić information content (AvgIpc) is 0. The van der Waals surface area contributed by atoms with Gasteiger partial charge in [-0.1, -0.05) is 0 Å². The molecule has 0 rings (SSSR count). The minimum Gasteiger partial charge on any atom is -0.197 e. The van der Waals surface area contributed by atoms with Gasteiger partial charge in [-0.2, -0.15) is 40.5 Å². The van der Waals surface area contributed by atoms with Crippen molar-refractivity contribution < 1.29 is 34.1 Å². The Bertz CT molecular complexity index is 4.85. The molecule has 0 bridgehead atoms. The predicted molar refractivity (Wildman–Crippen MR) is 31.1 cm³/mol. The molecule has 5 heavy (non-hydrogen) atoms. The Labute approximate surface area is 74.1 Å². The summed E-state index contributed by atoms with van der Waals surface area (Å²) in [4.78, 5) is 0. The van der Waals surface area contributed by atoms with Crippen molar-refractivity contribution in [3.05, 3.63) is 0 Å². The summed E-state index contributed by atoms with van der Waals surface area (Å²) in [5.41, 5.74) is 0. The van der Waals surface area contributed by atoms with E-state index in [2.05, 4.69) is 0 Å². The Hall–Kier alpha value is 2.09. The van der Waals surface area contributed by atoms with E-state index >= 15 is 0 Å². The van der Waals surface area contributed by atoms with Crippen LogP contribution in [-0.2, 0) is 34.1 Å². The number of rotatable bonds is 0. The molecule has 0 aliphatic heterocycles. The molecule has 40 valence electrons. The van der Waals surface area contributed by atoms with Gasteiger partial charge in [0.2, 0.25) is 0 Å². The third kappa shape index (κ3) is 23.3. The van der Waals surface area contributed by atoms with Gasteiger partial charge in [-0.3, -0.25) is 0 Å². The molecule has 0 aliphatic carbocycles. The number of hydrogen-bond donors (Lipinski definition) is 0. The Balaban J connectivity index is 0. The predicted octanol–water partition coefficient (Wildman–Crippen LogP) is 0.333. The summed E-state index contributed by atoms with van der Waals surface area (Å²) in [6.07, 6.45) is 0. The van der Waals surface area contributed by atoms with Crippen LogP contribution in [0.15, 0.2) is 0 Å². The first-order valence-corrected chi connectivity index (χ1v) is 0. The average molecular weight is 214 g/mol. The summed E-state index contributed by atoms with van der Waals surface area (Å²) in [6.45, 7) is 0. The van der Waals surface area contributed by atoms with Crippen molar-refractivity contribution in [2.24, 2.45) is 0 Å². The zero-order valence-corrected chi connectivity index (χ0v) is 7.42. The molecule has 5 heteroatoms. The minimum absolute atomic E-state index is 0. The second-order valence-electron chi connectivity index (χ2n) is 0. The van der Waals surface area contributed by atoms with Crippen molar-refractivity contribution in [2.75, 3.05) is 0 Å². The maximum Gasteiger partial charge on any atom is 0 e. The van der Waals surface area contributed by atoms with Crippen LogP contribution in [0.3, 0.4) is 0 Å². The Morgan fingerprint density at radius 2 is 0.400 bits per heavy atom. The molecule has 0 radical (unpaired) electrons. The van der Waals surface area contributed by atoms with Crippen LogP contribution >= 0.6 is 40.5 Å². The van der Waals surface area contributed by atoms with Gasteiger partial charge in [-0.05, 0) is 0 Å². The van der Waals surface area contributed by atoms with Gasteiger partial charge in [-0.15, -0.1) is 0 Å². The number of hydrogen-bond acceptors (Lipinski definition) is 0. The second-order valence-corrected chi connectivity index (χ2v) is 0. The van der Waals surface area contributed by atoms with Crippen LogP contribution in [0.1, 0.15) is 0 Å². The van der Waals surface area contributed by atoms with Gasteiger partial charge in [0.15, 0.2) is 0 Å².